The van der Waals surface area contributed by atoms with Crippen LogP contribution in [0.25, 0.3) is 0 Å². The number of carbonyl (C=O) groups is 1. The highest BCUT2D eigenvalue weighted by Crippen LogP contribution is 2.02. The fourth-order valence-electron chi connectivity index (χ4n) is 0.933. The van der Waals surface area contributed by atoms with Crippen LogP contribution in [-0.2, 0) is 0 Å². The van der Waals surface area contributed by atoms with Gasteiger partial charge in [-0.2, -0.15) is 0 Å². The van der Waals surface area contributed by atoms with Crippen molar-refractivity contribution in [3.63, 3.8) is 0 Å². The molecule has 60 valence electrons. The number of rotatable bonds is 3. The van der Waals surface area contributed by atoms with Crippen molar-refractivity contribution in [2.75, 3.05) is 6.54 Å². The number of aryl methyl sites for hydroxylation is 1. The molecule has 0 aliphatic rings. The molecular formula is C8H12N2O. The number of nitrogens with one attached hydrogen (secondary N) is 1. The SMILES string of the molecule is Cc1ccc(C(=O)CCN)[nH]1. The summed E-state index contributed by atoms with van der Waals surface area (Å²) < 4.78 is 0. The zero-order valence-corrected chi connectivity index (χ0v) is 6.55. The quantitative estimate of drug-likeness (QED) is 0.631. The lowest BCUT2D eigenvalue weighted by Gasteiger charge is -1.93. The topological polar surface area (TPSA) is 58.9 Å². The number of Topliss-reactive ketones (excluding diaryl/α,β-unsaturated/α-hetero) is 1. The van der Waals surface area contributed by atoms with E-state index in [0.717, 1.165) is 5.69 Å². The molecule has 3 N–H and O–H groups in total. The number of hydrogen-bond acceptors (Lipinski definition) is 2. The normalized spacial score (nSPS) is 10.0. The van der Waals surface area contributed by atoms with Crippen LogP contribution in [0.2, 0.25) is 0 Å². The first-order chi connectivity index (χ1) is 5.24. The Bertz CT molecular complexity index is 252. The van der Waals surface area contributed by atoms with Gasteiger partial charge in [0.2, 0.25) is 0 Å². The van der Waals surface area contributed by atoms with Gasteiger partial charge in [0.25, 0.3) is 0 Å². The van der Waals surface area contributed by atoms with Crippen molar-refractivity contribution in [1.82, 2.24) is 4.98 Å². The first-order valence-electron chi connectivity index (χ1n) is 3.63. The minimum atomic E-state index is 0.0839. The summed E-state index contributed by atoms with van der Waals surface area (Å²) in [7, 11) is 0. The van der Waals surface area contributed by atoms with E-state index < -0.39 is 0 Å². The summed E-state index contributed by atoms with van der Waals surface area (Å²) >= 11 is 0. The molecule has 0 bridgehead atoms. The molecule has 0 spiro atoms. The molecule has 1 rings (SSSR count). The van der Waals surface area contributed by atoms with E-state index in [4.69, 9.17) is 5.73 Å². The van der Waals surface area contributed by atoms with E-state index in [-0.39, 0.29) is 5.78 Å². The predicted octanol–water partition coefficient (Wildman–Crippen LogP) is 0.855. The summed E-state index contributed by atoms with van der Waals surface area (Å²) in [5, 5.41) is 0. The van der Waals surface area contributed by atoms with Crippen LogP contribution in [-0.4, -0.2) is 17.3 Å². The number of hydrogen-bond donors (Lipinski definition) is 2. The highest BCUT2D eigenvalue weighted by Gasteiger charge is 2.04. The zero-order valence-electron chi connectivity index (χ0n) is 6.55. The molecule has 1 heterocycles. The Morgan fingerprint density at radius 3 is 2.82 bits per heavy atom. The van der Waals surface area contributed by atoms with Gasteiger partial charge in [-0.3, -0.25) is 4.79 Å². The van der Waals surface area contributed by atoms with E-state index in [1.807, 2.05) is 13.0 Å². The molecule has 0 unspecified atom stereocenters. The number of carbonyl (C=O) groups excluding carboxylic acids is 1. The Morgan fingerprint density at radius 1 is 1.64 bits per heavy atom. The summed E-state index contributed by atoms with van der Waals surface area (Å²) in [5.41, 5.74) is 6.90. The fraction of sp³-hybridized carbons (Fsp3) is 0.375. The number of nitrogens with two attached hydrogens (primary N) is 1. The molecule has 0 aliphatic heterocycles. The molecule has 0 aromatic carbocycles. The first kappa shape index (κ1) is 8.01. The molecule has 3 heteroatoms. The van der Waals surface area contributed by atoms with Gasteiger partial charge in [-0.1, -0.05) is 0 Å². The Labute approximate surface area is 65.6 Å². The molecular weight excluding hydrogens is 140 g/mol. The largest absolute Gasteiger partial charge is 0.356 e. The minimum Gasteiger partial charge on any atom is -0.356 e. The third-order valence-electron chi connectivity index (χ3n) is 1.50. The number of aromatic amines is 1. The van der Waals surface area contributed by atoms with E-state index in [0.29, 0.717) is 18.7 Å². The van der Waals surface area contributed by atoms with Crippen molar-refractivity contribution in [1.29, 1.82) is 0 Å². The predicted molar refractivity (Wildman–Crippen MR) is 43.5 cm³/mol. The smallest absolute Gasteiger partial charge is 0.180 e. The molecule has 0 aliphatic carbocycles. The second-order valence-electron chi connectivity index (χ2n) is 2.52. The molecule has 1 aromatic heterocycles. The Hall–Kier alpha value is -1.09. The molecule has 0 saturated carbocycles. The van der Waals surface area contributed by atoms with Crippen LogP contribution >= 0.6 is 0 Å². The van der Waals surface area contributed by atoms with E-state index in [9.17, 15) is 4.79 Å². The summed E-state index contributed by atoms with van der Waals surface area (Å²) in [6.07, 6.45) is 0.417. The highest BCUT2D eigenvalue weighted by molar-refractivity contribution is 5.94. The average molecular weight is 152 g/mol. The first-order valence-corrected chi connectivity index (χ1v) is 3.63. The van der Waals surface area contributed by atoms with Gasteiger partial charge >= 0.3 is 0 Å². The van der Waals surface area contributed by atoms with Crippen molar-refractivity contribution in [3.8, 4) is 0 Å². The summed E-state index contributed by atoms with van der Waals surface area (Å²) in [6.45, 7) is 2.33. The van der Waals surface area contributed by atoms with Crippen molar-refractivity contribution in [3.05, 3.63) is 23.5 Å². The minimum absolute atomic E-state index is 0.0839. The van der Waals surface area contributed by atoms with Crippen LogP contribution in [0.3, 0.4) is 0 Å². The molecule has 0 saturated heterocycles. The maximum Gasteiger partial charge on any atom is 0.180 e. The second kappa shape index (κ2) is 3.34. The maximum atomic E-state index is 11.1. The van der Waals surface area contributed by atoms with Gasteiger partial charge in [-0.15, -0.1) is 0 Å². The Kier molecular flexibility index (Phi) is 2.44. The third kappa shape index (κ3) is 1.91. The lowest BCUT2D eigenvalue weighted by atomic mass is 10.2. The number of H-pyrrole nitrogens is 1. The van der Waals surface area contributed by atoms with Crippen molar-refractivity contribution < 1.29 is 4.79 Å². The van der Waals surface area contributed by atoms with E-state index in [2.05, 4.69) is 4.98 Å². The van der Waals surface area contributed by atoms with Crippen LogP contribution in [0.4, 0.5) is 0 Å². The lowest BCUT2D eigenvalue weighted by Crippen LogP contribution is -2.08. The van der Waals surface area contributed by atoms with Gasteiger partial charge in [0.05, 0.1) is 5.69 Å². The van der Waals surface area contributed by atoms with Gasteiger partial charge < -0.3 is 10.7 Å². The molecule has 0 amide bonds. The summed E-state index contributed by atoms with van der Waals surface area (Å²) in [6, 6.07) is 3.66. The van der Waals surface area contributed by atoms with Crippen molar-refractivity contribution in [2.24, 2.45) is 5.73 Å². The standard InChI is InChI=1S/C8H12N2O/c1-6-2-3-7(10-6)8(11)4-5-9/h2-3,10H,4-5,9H2,1H3. The molecule has 0 fully saturated rings. The van der Waals surface area contributed by atoms with Crippen molar-refractivity contribution >= 4 is 5.78 Å². The fourth-order valence-corrected chi connectivity index (χ4v) is 0.933. The van der Waals surface area contributed by atoms with Crippen molar-refractivity contribution in [2.45, 2.75) is 13.3 Å². The number of ketones is 1. The molecule has 11 heavy (non-hydrogen) atoms. The summed E-state index contributed by atoms with van der Waals surface area (Å²) in [5.74, 6) is 0.0839. The van der Waals surface area contributed by atoms with Gasteiger partial charge in [0.15, 0.2) is 5.78 Å². The van der Waals surface area contributed by atoms with Gasteiger partial charge in [-0.25, -0.2) is 0 Å². The molecule has 3 nitrogen and oxygen atoms in total. The summed E-state index contributed by atoms with van der Waals surface area (Å²) in [4.78, 5) is 14.1. The Balaban J connectivity index is 2.69. The van der Waals surface area contributed by atoms with Crippen LogP contribution in [0.5, 0.6) is 0 Å². The van der Waals surface area contributed by atoms with E-state index in [1.165, 1.54) is 0 Å². The van der Waals surface area contributed by atoms with Crippen LogP contribution in [0.1, 0.15) is 22.6 Å². The van der Waals surface area contributed by atoms with Crippen LogP contribution in [0, 0.1) is 6.92 Å². The molecule has 0 radical (unpaired) electrons. The van der Waals surface area contributed by atoms with E-state index >= 15 is 0 Å². The van der Waals surface area contributed by atoms with Gasteiger partial charge in [-0.05, 0) is 25.6 Å². The molecule has 0 atom stereocenters. The maximum absolute atomic E-state index is 11.1. The third-order valence-corrected chi connectivity index (χ3v) is 1.50. The Morgan fingerprint density at radius 2 is 2.36 bits per heavy atom. The van der Waals surface area contributed by atoms with Gasteiger partial charge in [0, 0.05) is 12.1 Å². The number of aromatic nitrogens is 1. The second-order valence-corrected chi connectivity index (χ2v) is 2.52. The zero-order chi connectivity index (χ0) is 8.27. The van der Waals surface area contributed by atoms with Crippen LogP contribution < -0.4 is 5.73 Å². The monoisotopic (exact) mass is 152 g/mol. The van der Waals surface area contributed by atoms with Gasteiger partial charge in [0.1, 0.15) is 0 Å². The highest BCUT2D eigenvalue weighted by atomic mass is 16.1. The average Bonchev–Trinajstić information content (AvgIpc) is 2.36. The molecule has 1 aromatic rings. The van der Waals surface area contributed by atoms with E-state index in [1.54, 1.807) is 6.07 Å². The van der Waals surface area contributed by atoms with Crippen LogP contribution in [0.15, 0.2) is 12.1 Å². The lowest BCUT2D eigenvalue weighted by molar-refractivity contribution is 0.0981.